The molecule has 4 aromatic carbocycles. The molecule has 6 unspecified atom stereocenters. The Kier molecular flexibility index (Phi) is 24.8. The fourth-order valence-corrected chi connectivity index (χ4v) is 27.3. The van der Waals surface area contributed by atoms with Crippen LogP contribution in [0.2, 0.25) is 33.2 Å². The highest BCUT2D eigenvalue weighted by atomic mass is 32.2. The van der Waals surface area contributed by atoms with Crippen molar-refractivity contribution in [1.29, 1.82) is 0 Å². The van der Waals surface area contributed by atoms with E-state index in [0.717, 1.165) is 16.7 Å². The molecule has 0 saturated carbocycles. The Morgan fingerprint density at radius 2 is 0.943 bits per heavy atom. The molecule has 482 valence electrons. The molecule has 0 radical (unpaired) electrons. The zero-order valence-corrected chi connectivity index (χ0v) is 56.9. The lowest BCUT2D eigenvalue weighted by atomic mass is 9.95. The molecule has 4 aromatic rings. The third kappa shape index (κ3) is 16.2. The van der Waals surface area contributed by atoms with Crippen molar-refractivity contribution < 1.29 is 74.5 Å². The summed E-state index contributed by atoms with van der Waals surface area (Å²) in [5, 5.41) is 13.1. The predicted octanol–water partition coefficient (Wildman–Crippen LogP) is 12.5. The summed E-state index contributed by atoms with van der Waals surface area (Å²) in [4.78, 5) is 13.9. The quantitative estimate of drug-likeness (QED) is 0.0369. The van der Waals surface area contributed by atoms with Gasteiger partial charge in [0.25, 0.3) is 0 Å². The molecule has 87 heavy (non-hydrogen) atoms. The molecule has 0 aromatic heterocycles. The van der Waals surface area contributed by atoms with Crippen LogP contribution in [0.5, 0.6) is 0 Å². The molecule has 2 N–H and O–H groups in total. The normalized spacial score (nSPS) is 29.1. The van der Waals surface area contributed by atoms with Gasteiger partial charge in [0.1, 0.15) is 48.2 Å². The zero-order chi connectivity index (χ0) is 62.8. The van der Waals surface area contributed by atoms with Gasteiger partial charge >= 0.3 is 6.16 Å². The van der Waals surface area contributed by atoms with E-state index in [4.69, 9.17) is 56.2 Å². The summed E-state index contributed by atoms with van der Waals surface area (Å²) in [5.74, 6) is 0.508. The lowest BCUT2D eigenvalue weighted by molar-refractivity contribution is -0.375. The average Bonchev–Trinajstić information content (AvgIpc) is 1.84. The van der Waals surface area contributed by atoms with Crippen LogP contribution in [0.25, 0.3) is 0 Å². The summed E-state index contributed by atoms with van der Waals surface area (Å²) in [6.45, 7) is 30.6. The topological polar surface area (TPSA) is 194 Å². The summed E-state index contributed by atoms with van der Waals surface area (Å²) in [6.07, 6.45) is -15.7. The van der Waals surface area contributed by atoms with Gasteiger partial charge in [-0.3, -0.25) is 0 Å². The first-order valence-electron chi connectivity index (χ1n) is 31.3. The van der Waals surface area contributed by atoms with E-state index in [0.29, 0.717) is 5.75 Å². The van der Waals surface area contributed by atoms with E-state index in [1.807, 2.05) is 105 Å². The van der Waals surface area contributed by atoms with Crippen molar-refractivity contribution in [2.75, 3.05) is 19.0 Å². The van der Waals surface area contributed by atoms with Gasteiger partial charge in [-0.2, -0.15) is 0 Å². The lowest BCUT2D eigenvalue weighted by Gasteiger charge is -2.51. The van der Waals surface area contributed by atoms with Gasteiger partial charge in [0.2, 0.25) is 10.0 Å². The maximum absolute atomic E-state index is 14.7. The van der Waals surface area contributed by atoms with Crippen molar-refractivity contribution in [3.05, 3.63) is 138 Å². The Hall–Kier alpha value is -3.60. The number of rotatable bonds is 30. The first-order valence-corrected chi connectivity index (χ1v) is 38.1. The lowest BCUT2D eigenvalue weighted by Crippen LogP contribution is -2.68. The summed E-state index contributed by atoms with van der Waals surface area (Å²) < 4.78 is 116. The van der Waals surface area contributed by atoms with Crippen LogP contribution in [-0.2, 0) is 86.1 Å². The van der Waals surface area contributed by atoms with E-state index in [2.05, 4.69) is 87.8 Å². The number of aliphatic hydroxyl groups excluding tert-OH is 1. The molecule has 0 aliphatic carbocycles. The van der Waals surface area contributed by atoms with E-state index >= 15 is 0 Å². The van der Waals surface area contributed by atoms with E-state index in [-0.39, 0.29) is 71.2 Å². The van der Waals surface area contributed by atoms with E-state index in [1.54, 1.807) is 18.2 Å². The Morgan fingerprint density at radius 3 is 1.41 bits per heavy atom. The van der Waals surface area contributed by atoms with Crippen molar-refractivity contribution in [1.82, 2.24) is 4.72 Å². The third-order valence-electron chi connectivity index (χ3n) is 18.0. The minimum absolute atomic E-state index is 0.00276. The number of nitrogens with one attached hydrogen (secondary N) is 1. The minimum atomic E-state index is -4.31. The second-order valence-corrected chi connectivity index (χ2v) is 39.4. The number of carbonyl (C=O) groups excluding carboxylic acids is 1. The highest BCUT2D eigenvalue weighted by Gasteiger charge is 2.61. The highest BCUT2D eigenvalue weighted by Crippen LogP contribution is 2.46. The van der Waals surface area contributed by atoms with Crippen LogP contribution in [0.15, 0.2) is 126 Å². The number of benzene rings is 4. The number of thioether (sulfide) groups is 1. The number of hydrogen-bond donors (Lipinski definition) is 2. The molecule has 17 nitrogen and oxygen atoms in total. The summed E-state index contributed by atoms with van der Waals surface area (Å²) in [7, 11) is -9.51. The molecule has 0 spiro atoms. The van der Waals surface area contributed by atoms with Crippen molar-refractivity contribution in [3.63, 3.8) is 0 Å². The maximum atomic E-state index is 14.7. The van der Waals surface area contributed by atoms with E-state index in [1.165, 1.54) is 23.9 Å². The maximum Gasteiger partial charge on any atom is 0.509 e. The molecule has 8 rings (SSSR count). The molecule has 0 amide bonds. The SMILES string of the molecule is CCS[C@@H]1OC(CO[Si](C(C)C)(C(C)C)C(C)C)[C@H](O)[C@H](O[C@@H]2OC(CO[Si](C(C)C)(C(C)C)C(C)C)[C@@H]3OC(=O)OC3[C@H]2O[C@@H]2OC(C)[C@H](OCc3ccccc3)C(OCc3ccccc3)[C@@H]2OCc2ccccc2)C1NS(=O)(=O)c1ccccc1. The summed E-state index contributed by atoms with van der Waals surface area (Å²) >= 11 is 1.37. The van der Waals surface area contributed by atoms with Crippen molar-refractivity contribution in [3.8, 4) is 0 Å². The van der Waals surface area contributed by atoms with Crippen LogP contribution in [0.1, 0.15) is 114 Å². The smallest absolute Gasteiger partial charge is 0.424 e. The van der Waals surface area contributed by atoms with Gasteiger partial charge in [-0.15, -0.1) is 11.8 Å². The Labute approximate surface area is 524 Å². The van der Waals surface area contributed by atoms with Gasteiger partial charge < -0.3 is 61.3 Å². The second-order valence-electron chi connectivity index (χ2n) is 25.4. The number of sulfonamides is 1. The van der Waals surface area contributed by atoms with Crippen LogP contribution >= 0.6 is 11.8 Å². The van der Waals surface area contributed by atoms with Gasteiger partial charge in [0, 0.05) is 0 Å². The molecule has 15 atom stereocenters. The standard InChI is InChI=1S/C66H97NO16S2Si2/c1-15-84-65-54(67-85(70,71)51-34-26-19-27-35-51)58(55(68)52(79-65)39-75-86(41(2)3,42(4)5)43(6)7)80-64-62(60-57(82-66(69)83-60)53(78-64)40-76-87(44(8)9,45(10)11)46(12)13)81-63-61(74-38-50-32-24-18-25-33-50)59(73-37-49-30-22-17-23-31-49)56(47(14)77-63)72-36-48-28-20-16-21-29-48/h16-35,41-47,52-65,67-68H,15,36-40H2,1-14H3/t47?,52?,53?,54?,55-,56-,57-,58+,59?,60?,61-,62+,63-,64-,65-/m0/s1. The molecule has 4 aliphatic heterocycles. The number of carbonyl (C=O) groups is 1. The van der Waals surface area contributed by atoms with Crippen LogP contribution in [0.4, 0.5) is 4.79 Å². The largest absolute Gasteiger partial charge is 0.509 e. The number of aliphatic hydroxyl groups is 1. The molecular formula is C66H97NO16S2Si2. The van der Waals surface area contributed by atoms with Crippen LogP contribution in [0, 0.1) is 0 Å². The Balaban J connectivity index is 1.25. The number of fused-ring (bicyclic) bond motifs is 1. The molecule has 4 saturated heterocycles. The first kappa shape index (κ1) is 69.3. The summed E-state index contributed by atoms with van der Waals surface area (Å²) in [5.41, 5.74) is 2.98. The summed E-state index contributed by atoms with van der Waals surface area (Å²) in [6, 6.07) is 36.2. The monoisotopic (exact) mass is 1280 g/mol. The average molecular weight is 1280 g/mol. The molecule has 0 bridgehead atoms. The molecule has 4 aliphatic rings. The van der Waals surface area contributed by atoms with Crippen molar-refractivity contribution in [2.24, 2.45) is 0 Å². The second kappa shape index (κ2) is 31.1. The van der Waals surface area contributed by atoms with Gasteiger partial charge in [-0.1, -0.05) is 199 Å². The van der Waals surface area contributed by atoms with Crippen molar-refractivity contribution >= 4 is 44.6 Å². The van der Waals surface area contributed by atoms with Gasteiger partial charge in [0.05, 0.1) is 50.1 Å². The van der Waals surface area contributed by atoms with Crippen LogP contribution in [0.3, 0.4) is 0 Å². The molecular weight excluding hydrogens is 1180 g/mol. The van der Waals surface area contributed by atoms with Crippen LogP contribution in [-0.4, -0.2) is 146 Å². The van der Waals surface area contributed by atoms with Crippen LogP contribution < -0.4 is 4.72 Å². The Bertz CT molecular complexity index is 2780. The minimum Gasteiger partial charge on any atom is -0.424 e. The Morgan fingerprint density at radius 1 is 0.529 bits per heavy atom. The fourth-order valence-electron chi connectivity index (χ4n) is 14.0. The number of ether oxygens (including phenoxy) is 10. The van der Waals surface area contributed by atoms with Crippen molar-refractivity contribution in [2.45, 2.75) is 246 Å². The molecule has 4 heterocycles. The van der Waals surface area contributed by atoms with Gasteiger partial charge in [-0.05, 0) is 74.7 Å². The van der Waals surface area contributed by atoms with Gasteiger partial charge in [-0.25, -0.2) is 17.9 Å². The first-order chi connectivity index (χ1) is 41.5. The number of hydrogen-bond acceptors (Lipinski definition) is 17. The fraction of sp³-hybridized carbons (Fsp3) is 0.621. The zero-order valence-electron chi connectivity index (χ0n) is 53.3. The third-order valence-corrected chi connectivity index (χ3v) is 32.7. The van der Waals surface area contributed by atoms with E-state index in [9.17, 15) is 18.3 Å². The van der Waals surface area contributed by atoms with E-state index < -0.39 is 124 Å². The molecule has 4 fully saturated rings. The molecule has 21 heteroatoms. The highest BCUT2D eigenvalue weighted by molar-refractivity contribution is 7.99. The predicted molar refractivity (Wildman–Crippen MR) is 340 cm³/mol. The van der Waals surface area contributed by atoms with Gasteiger partial charge in [0.15, 0.2) is 47.5 Å².